The largest absolute Gasteiger partial charge is 0.493 e. The number of primary amides is 1. The van der Waals surface area contributed by atoms with E-state index in [2.05, 4.69) is 10.6 Å². The fourth-order valence-corrected chi connectivity index (χ4v) is 2.26. The van der Waals surface area contributed by atoms with Crippen LogP contribution in [-0.4, -0.2) is 49.3 Å². The van der Waals surface area contributed by atoms with Gasteiger partial charge in [-0.1, -0.05) is 6.07 Å². The molecule has 23 heavy (non-hydrogen) atoms. The minimum atomic E-state index is -0.521. The minimum Gasteiger partial charge on any atom is -0.493 e. The summed E-state index contributed by atoms with van der Waals surface area (Å²) in [6.45, 7) is 1.93. The standard InChI is InChI=1S/C15H21N3O4.ClH/c16-15(21)10-2-1-3-12(6-10)22-5-4-14(20)18-8-11-7-17-9-13(11)19;/h1-3,6,11,13,17,19H,4-5,7-9H2,(H2,16,21)(H,18,20);1H. The predicted molar refractivity (Wildman–Crippen MR) is 87.7 cm³/mol. The molecule has 0 aliphatic carbocycles. The van der Waals surface area contributed by atoms with Gasteiger partial charge in [0, 0.05) is 31.1 Å². The molecule has 0 aromatic heterocycles. The van der Waals surface area contributed by atoms with Gasteiger partial charge >= 0.3 is 0 Å². The van der Waals surface area contributed by atoms with Crippen LogP contribution in [0.15, 0.2) is 24.3 Å². The van der Waals surface area contributed by atoms with Crippen molar-refractivity contribution in [1.29, 1.82) is 0 Å². The third-order valence-corrected chi connectivity index (χ3v) is 3.58. The third-order valence-electron chi connectivity index (χ3n) is 3.58. The van der Waals surface area contributed by atoms with Crippen molar-refractivity contribution in [2.75, 3.05) is 26.2 Å². The SMILES string of the molecule is Cl.NC(=O)c1cccc(OCCC(=O)NCC2CNCC2O)c1. The van der Waals surface area contributed by atoms with Crippen molar-refractivity contribution in [1.82, 2.24) is 10.6 Å². The number of halogens is 1. The van der Waals surface area contributed by atoms with Crippen molar-refractivity contribution < 1.29 is 19.4 Å². The number of benzene rings is 1. The number of ether oxygens (including phenoxy) is 1. The number of rotatable bonds is 7. The van der Waals surface area contributed by atoms with Crippen molar-refractivity contribution >= 4 is 24.2 Å². The summed E-state index contributed by atoms with van der Waals surface area (Å²) in [7, 11) is 0. The second-order valence-electron chi connectivity index (χ2n) is 5.28. The van der Waals surface area contributed by atoms with Crippen molar-refractivity contribution in [3.63, 3.8) is 0 Å². The van der Waals surface area contributed by atoms with Gasteiger partial charge in [0.05, 0.1) is 19.1 Å². The van der Waals surface area contributed by atoms with E-state index in [0.29, 0.717) is 30.9 Å². The van der Waals surface area contributed by atoms with Gasteiger partial charge in [0.25, 0.3) is 0 Å². The van der Waals surface area contributed by atoms with Crippen molar-refractivity contribution in [2.24, 2.45) is 11.7 Å². The van der Waals surface area contributed by atoms with E-state index in [-0.39, 0.29) is 37.3 Å². The fraction of sp³-hybridized carbons (Fsp3) is 0.467. The van der Waals surface area contributed by atoms with Gasteiger partial charge in [-0.15, -0.1) is 12.4 Å². The molecule has 2 atom stereocenters. The highest BCUT2D eigenvalue weighted by Crippen LogP contribution is 2.13. The number of amides is 2. The van der Waals surface area contributed by atoms with E-state index >= 15 is 0 Å². The van der Waals surface area contributed by atoms with E-state index in [1.54, 1.807) is 24.3 Å². The van der Waals surface area contributed by atoms with Gasteiger partial charge < -0.3 is 26.2 Å². The van der Waals surface area contributed by atoms with E-state index in [9.17, 15) is 14.7 Å². The summed E-state index contributed by atoms with van der Waals surface area (Å²) in [5.74, 6) is -0.103. The lowest BCUT2D eigenvalue weighted by Crippen LogP contribution is -2.34. The summed E-state index contributed by atoms with van der Waals surface area (Å²) in [5, 5.41) is 15.5. The third kappa shape index (κ3) is 6.05. The number of carbonyl (C=O) groups excluding carboxylic acids is 2. The molecule has 1 fully saturated rings. The molecule has 1 heterocycles. The van der Waals surface area contributed by atoms with Gasteiger partial charge in [0.1, 0.15) is 5.75 Å². The number of aliphatic hydroxyl groups excluding tert-OH is 1. The number of hydrogen-bond donors (Lipinski definition) is 4. The van der Waals surface area contributed by atoms with E-state index in [0.717, 1.165) is 0 Å². The molecule has 1 saturated heterocycles. The predicted octanol–water partition coefficient (Wildman–Crippen LogP) is -0.327. The van der Waals surface area contributed by atoms with Crippen molar-refractivity contribution in [3.05, 3.63) is 29.8 Å². The van der Waals surface area contributed by atoms with Gasteiger partial charge in [-0.05, 0) is 18.2 Å². The normalized spacial score (nSPS) is 19.7. The Balaban J connectivity index is 0.00000264. The highest BCUT2D eigenvalue weighted by atomic mass is 35.5. The molecule has 2 rings (SSSR count). The molecule has 0 radical (unpaired) electrons. The number of nitrogens with two attached hydrogens (primary N) is 1. The number of nitrogens with one attached hydrogen (secondary N) is 2. The summed E-state index contributed by atoms with van der Waals surface area (Å²) in [6, 6.07) is 6.51. The lowest BCUT2D eigenvalue weighted by molar-refractivity contribution is -0.121. The maximum absolute atomic E-state index is 11.7. The van der Waals surface area contributed by atoms with Crippen LogP contribution < -0.4 is 21.1 Å². The zero-order valence-electron chi connectivity index (χ0n) is 12.7. The molecular weight excluding hydrogens is 322 g/mol. The second kappa shape index (κ2) is 9.34. The zero-order valence-corrected chi connectivity index (χ0v) is 13.5. The Kier molecular flexibility index (Phi) is 7.80. The number of β-amino-alcohol motifs (C(OH)–C–C–N with tert-alkyl or cyclic N) is 1. The maximum atomic E-state index is 11.7. The van der Waals surface area contributed by atoms with Crippen molar-refractivity contribution in [3.8, 4) is 5.75 Å². The highest BCUT2D eigenvalue weighted by Gasteiger charge is 2.24. The number of carbonyl (C=O) groups is 2. The molecule has 1 aromatic rings. The molecule has 1 aromatic carbocycles. The molecule has 5 N–H and O–H groups in total. The van der Waals surface area contributed by atoms with Crippen LogP contribution in [0.4, 0.5) is 0 Å². The number of aliphatic hydroxyl groups is 1. The van der Waals surface area contributed by atoms with Crippen LogP contribution in [0.25, 0.3) is 0 Å². The first-order chi connectivity index (χ1) is 10.6. The van der Waals surface area contributed by atoms with Crippen LogP contribution in [0.5, 0.6) is 5.75 Å². The Morgan fingerprint density at radius 1 is 1.39 bits per heavy atom. The fourth-order valence-electron chi connectivity index (χ4n) is 2.26. The first-order valence-corrected chi connectivity index (χ1v) is 7.24. The smallest absolute Gasteiger partial charge is 0.248 e. The Labute approximate surface area is 141 Å². The molecule has 0 spiro atoms. The summed E-state index contributed by atoms with van der Waals surface area (Å²) in [6.07, 6.45) is -0.204. The summed E-state index contributed by atoms with van der Waals surface area (Å²) >= 11 is 0. The molecule has 0 saturated carbocycles. The zero-order chi connectivity index (χ0) is 15.9. The molecule has 1 aliphatic rings. The van der Waals surface area contributed by atoms with Gasteiger partial charge in [-0.2, -0.15) is 0 Å². The Hall–Kier alpha value is -1.83. The van der Waals surface area contributed by atoms with Gasteiger partial charge in [0.2, 0.25) is 11.8 Å². The molecular formula is C15H22ClN3O4. The van der Waals surface area contributed by atoms with Gasteiger partial charge in [-0.25, -0.2) is 0 Å². The minimum absolute atomic E-state index is 0. The maximum Gasteiger partial charge on any atom is 0.248 e. The molecule has 2 amide bonds. The topological polar surface area (TPSA) is 114 Å². The van der Waals surface area contributed by atoms with E-state index in [1.165, 1.54) is 0 Å². The van der Waals surface area contributed by atoms with Crippen LogP contribution in [0.2, 0.25) is 0 Å². The van der Waals surface area contributed by atoms with Crippen LogP contribution in [0.3, 0.4) is 0 Å². The second-order valence-corrected chi connectivity index (χ2v) is 5.28. The van der Waals surface area contributed by atoms with Crippen LogP contribution >= 0.6 is 12.4 Å². The molecule has 1 aliphatic heterocycles. The number of hydrogen-bond acceptors (Lipinski definition) is 5. The lowest BCUT2D eigenvalue weighted by atomic mass is 10.1. The molecule has 8 heteroatoms. The van der Waals surface area contributed by atoms with E-state index in [4.69, 9.17) is 10.5 Å². The monoisotopic (exact) mass is 343 g/mol. The lowest BCUT2D eigenvalue weighted by Gasteiger charge is -2.14. The van der Waals surface area contributed by atoms with Crippen LogP contribution in [-0.2, 0) is 4.79 Å². The molecule has 0 bridgehead atoms. The van der Waals surface area contributed by atoms with E-state index in [1.807, 2.05) is 0 Å². The molecule has 2 unspecified atom stereocenters. The summed E-state index contributed by atoms with van der Waals surface area (Å²) in [4.78, 5) is 22.8. The molecule has 128 valence electrons. The van der Waals surface area contributed by atoms with Gasteiger partial charge in [-0.3, -0.25) is 9.59 Å². The highest BCUT2D eigenvalue weighted by molar-refractivity contribution is 5.93. The Morgan fingerprint density at radius 3 is 2.83 bits per heavy atom. The Bertz CT molecular complexity index is 541. The van der Waals surface area contributed by atoms with Crippen LogP contribution in [0, 0.1) is 5.92 Å². The van der Waals surface area contributed by atoms with Crippen molar-refractivity contribution in [2.45, 2.75) is 12.5 Å². The molecule has 7 nitrogen and oxygen atoms in total. The summed E-state index contributed by atoms with van der Waals surface area (Å²) in [5.41, 5.74) is 5.55. The summed E-state index contributed by atoms with van der Waals surface area (Å²) < 4.78 is 5.43. The first kappa shape index (κ1) is 19.2. The average Bonchev–Trinajstić information content (AvgIpc) is 2.91. The Morgan fingerprint density at radius 2 is 2.17 bits per heavy atom. The van der Waals surface area contributed by atoms with E-state index < -0.39 is 12.0 Å². The van der Waals surface area contributed by atoms with Crippen LogP contribution in [0.1, 0.15) is 16.8 Å². The first-order valence-electron chi connectivity index (χ1n) is 7.24. The average molecular weight is 344 g/mol. The quantitative estimate of drug-likeness (QED) is 0.541. The van der Waals surface area contributed by atoms with Gasteiger partial charge in [0.15, 0.2) is 0 Å².